The van der Waals surface area contributed by atoms with Gasteiger partial charge in [0.1, 0.15) is 0 Å². The minimum atomic E-state index is -0.798. The van der Waals surface area contributed by atoms with Crippen molar-refractivity contribution in [3.05, 3.63) is 0 Å². The van der Waals surface area contributed by atoms with E-state index in [9.17, 15) is 14.7 Å². The summed E-state index contributed by atoms with van der Waals surface area (Å²) in [5.74, 6) is -0.798. The Hall–Kier alpha value is -1.26. The molecule has 2 aliphatic carbocycles. The number of aliphatic carboxylic acids is 1. The van der Waals surface area contributed by atoms with Gasteiger partial charge in [0.15, 0.2) is 0 Å². The topological polar surface area (TPSA) is 69.6 Å². The Bertz CT molecular complexity index is 459. The van der Waals surface area contributed by atoms with Gasteiger partial charge in [-0.2, -0.15) is 0 Å². The van der Waals surface area contributed by atoms with Gasteiger partial charge in [0, 0.05) is 19.1 Å². The largest absolute Gasteiger partial charge is 0.481 e. The summed E-state index contributed by atoms with van der Waals surface area (Å²) in [4.78, 5) is 25.6. The number of likely N-dealkylation sites (tertiary alicyclic amines) is 1. The molecule has 3 aliphatic rings. The highest BCUT2D eigenvalue weighted by molar-refractivity contribution is 5.79. The molecule has 3 fully saturated rings. The van der Waals surface area contributed by atoms with Crippen molar-refractivity contribution < 1.29 is 14.7 Å². The first-order chi connectivity index (χ1) is 10.5. The Morgan fingerprint density at radius 2 is 1.73 bits per heavy atom. The fourth-order valence-electron chi connectivity index (χ4n) is 4.76. The smallest absolute Gasteiger partial charge is 0.317 e. The number of carbonyl (C=O) groups is 2. The van der Waals surface area contributed by atoms with Gasteiger partial charge in [0.25, 0.3) is 0 Å². The number of carboxylic acids is 1. The van der Waals surface area contributed by atoms with Gasteiger partial charge >= 0.3 is 12.0 Å². The Kier molecular flexibility index (Phi) is 4.08. The number of carboxylic acid groups (broad SMARTS) is 1. The molecule has 0 aromatic rings. The maximum atomic E-state index is 12.6. The van der Waals surface area contributed by atoms with Gasteiger partial charge in [-0.05, 0) is 44.4 Å². The number of urea groups is 1. The Labute approximate surface area is 132 Å². The molecule has 1 aliphatic heterocycles. The molecule has 0 bridgehead atoms. The molecule has 0 aromatic heterocycles. The summed E-state index contributed by atoms with van der Waals surface area (Å²) in [6, 6.07) is 0.232. The molecular weight excluding hydrogens is 280 g/mol. The average molecular weight is 308 g/mol. The van der Waals surface area contributed by atoms with E-state index in [1.807, 2.05) is 0 Å². The molecule has 0 aromatic carbocycles. The van der Waals surface area contributed by atoms with Crippen LogP contribution in [0.4, 0.5) is 4.79 Å². The third-order valence-corrected chi connectivity index (χ3v) is 6.33. The number of hydrogen-bond acceptors (Lipinski definition) is 2. The second-order valence-electron chi connectivity index (χ2n) is 7.85. The van der Waals surface area contributed by atoms with E-state index in [1.165, 1.54) is 44.9 Å². The standard InChI is InChI=1S/C17H28N2O3/c1-16(14(20)21)10-11-19(12-16)15(22)18-13-6-2-3-7-17(13)8-4-5-9-17/h13H,2-12H2,1H3,(H,18,22)(H,20,21). The van der Waals surface area contributed by atoms with Crippen LogP contribution < -0.4 is 5.32 Å². The summed E-state index contributed by atoms with van der Waals surface area (Å²) >= 11 is 0. The normalized spacial score (nSPS) is 34.0. The molecule has 2 atom stereocenters. The van der Waals surface area contributed by atoms with Crippen molar-refractivity contribution in [3.63, 3.8) is 0 Å². The first-order valence-corrected chi connectivity index (χ1v) is 8.74. The van der Waals surface area contributed by atoms with E-state index in [1.54, 1.807) is 11.8 Å². The van der Waals surface area contributed by atoms with E-state index >= 15 is 0 Å². The van der Waals surface area contributed by atoms with Gasteiger partial charge in [-0.15, -0.1) is 0 Å². The predicted molar refractivity (Wildman–Crippen MR) is 83.6 cm³/mol. The Morgan fingerprint density at radius 3 is 2.32 bits per heavy atom. The fraction of sp³-hybridized carbons (Fsp3) is 0.882. The fourth-order valence-corrected chi connectivity index (χ4v) is 4.76. The number of rotatable bonds is 2. The lowest BCUT2D eigenvalue weighted by atomic mass is 9.69. The monoisotopic (exact) mass is 308 g/mol. The highest BCUT2D eigenvalue weighted by Gasteiger charge is 2.46. The predicted octanol–water partition coefficient (Wildman–Crippen LogP) is 3.00. The SMILES string of the molecule is CC1(C(=O)O)CCN(C(=O)NC2CCCCC23CCCC3)C1. The maximum Gasteiger partial charge on any atom is 0.317 e. The van der Waals surface area contributed by atoms with Crippen LogP contribution in [0.1, 0.15) is 64.7 Å². The summed E-state index contributed by atoms with van der Waals surface area (Å²) in [5, 5.41) is 12.6. The summed E-state index contributed by atoms with van der Waals surface area (Å²) < 4.78 is 0. The molecule has 1 saturated heterocycles. The number of amides is 2. The van der Waals surface area contributed by atoms with Crippen LogP contribution in [0.5, 0.6) is 0 Å². The number of nitrogens with one attached hydrogen (secondary N) is 1. The molecule has 5 heteroatoms. The lowest BCUT2D eigenvalue weighted by molar-refractivity contribution is -0.147. The highest BCUT2D eigenvalue weighted by Crippen LogP contribution is 2.49. The van der Waals surface area contributed by atoms with Crippen LogP contribution >= 0.6 is 0 Å². The van der Waals surface area contributed by atoms with Gasteiger partial charge in [-0.3, -0.25) is 4.79 Å². The van der Waals surface area contributed by atoms with E-state index in [4.69, 9.17) is 0 Å². The summed E-state index contributed by atoms with van der Waals surface area (Å²) in [5.41, 5.74) is -0.460. The van der Waals surface area contributed by atoms with E-state index < -0.39 is 11.4 Å². The third-order valence-electron chi connectivity index (χ3n) is 6.33. The Morgan fingerprint density at radius 1 is 1.09 bits per heavy atom. The van der Waals surface area contributed by atoms with Crippen LogP contribution in [-0.2, 0) is 4.79 Å². The molecule has 1 spiro atoms. The second-order valence-corrected chi connectivity index (χ2v) is 7.85. The zero-order valence-corrected chi connectivity index (χ0v) is 13.6. The molecule has 0 radical (unpaired) electrons. The number of hydrogen-bond donors (Lipinski definition) is 2. The molecule has 2 amide bonds. The van der Waals surface area contributed by atoms with Gasteiger partial charge < -0.3 is 15.3 Å². The van der Waals surface area contributed by atoms with Crippen molar-refractivity contribution in [2.45, 2.75) is 70.8 Å². The van der Waals surface area contributed by atoms with Gasteiger partial charge in [0.05, 0.1) is 5.41 Å². The second kappa shape index (κ2) is 5.74. The lowest BCUT2D eigenvalue weighted by Gasteiger charge is -2.42. The van der Waals surface area contributed by atoms with E-state index in [2.05, 4.69) is 5.32 Å². The van der Waals surface area contributed by atoms with Gasteiger partial charge in [-0.1, -0.05) is 25.7 Å². The third kappa shape index (κ3) is 2.70. The zero-order chi connectivity index (χ0) is 15.8. The summed E-state index contributed by atoms with van der Waals surface area (Å²) in [6.45, 7) is 2.62. The molecule has 2 unspecified atom stereocenters. The zero-order valence-electron chi connectivity index (χ0n) is 13.6. The maximum absolute atomic E-state index is 12.6. The van der Waals surface area contributed by atoms with Crippen molar-refractivity contribution in [3.8, 4) is 0 Å². The van der Waals surface area contributed by atoms with Crippen molar-refractivity contribution in [1.29, 1.82) is 0 Å². The molecule has 22 heavy (non-hydrogen) atoms. The molecule has 2 saturated carbocycles. The first kappa shape index (κ1) is 15.6. The Balaban J connectivity index is 1.63. The van der Waals surface area contributed by atoms with Crippen LogP contribution in [0.2, 0.25) is 0 Å². The first-order valence-electron chi connectivity index (χ1n) is 8.74. The van der Waals surface area contributed by atoms with Crippen LogP contribution in [0.15, 0.2) is 0 Å². The quantitative estimate of drug-likeness (QED) is 0.824. The number of nitrogens with zero attached hydrogens (tertiary/aromatic N) is 1. The van der Waals surface area contributed by atoms with Gasteiger partial charge in [0.2, 0.25) is 0 Å². The van der Waals surface area contributed by atoms with Crippen molar-refractivity contribution in [2.24, 2.45) is 10.8 Å². The number of carbonyl (C=O) groups excluding carboxylic acids is 1. The van der Waals surface area contributed by atoms with Crippen LogP contribution in [-0.4, -0.2) is 41.1 Å². The van der Waals surface area contributed by atoms with Crippen LogP contribution in [0.3, 0.4) is 0 Å². The van der Waals surface area contributed by atoms with Crippen LogP contribution in [0.25, 0.3) is 0 Å². The van der Waals surface area contributed by atoms with Crippen LogP contribution in [0, 0.1) is 10.8 Å². The molecule has 124 valence electrons. The lowest BCUT2D eigenvalue weighted by Crippen LogP contribution is -2.52. The van der Waals surface area contributed by atoms with E-state index in [0.29, 0.717) is 24.9 Å². The average Bonchev–Trinajstić information content (AvgIpc) is 3.10. The molecule has 3 rings (SSSR count). The molecule has 5 nitrogen and oxygen atoms in total. The highest BCUT2D eigenvalue weighted by atomic mass is 16.4. The molecular formula is C17H28N2O3. The van der Waals surface area contributed by atoms with Gasteiger partial charge in [-0.25, -0.2) is 4.79 Å². The molecule has 1 heterocycles. The molecule has 2 N–H and O–H groups in total. The van der Waals surface area contributed by atoms with Crippen molar-refractivity contribution >= 4 is 12.0 Å². The minimum absolute atomic E-state index is 0.0526. The van der Waals surface area contributed by atoms with Crippen molar-refractivity contribution in [1.82, 2.24) is 10.2 Å². The minimum Gasteiger partial charge on any atom is -0.481 e. The van der Waals surface area contributed by atoms with Crippen molar-refractivity contribution in [2.75, 3.05) is 13.1 Å². The van der Waals surface area contributed by atoms with E-state index in [-0.39, 0.29) is 12.1 Å². The summed E-state index contributed by atoms with van der Waals surface area (Å²) in [6.07, 6.45) is 10.4. The summed E-state index contributed by atoms with van der Waals surface area (Å²) in [7, 11) is 0. The van der Waals surface area contributed by atoms with E-state index in [0.717, 1.165) is 6.42 Å².